The average molecular weight is 211 g/mol. The quantitative estimate of drug-likeness (QED) is 0.421. The number of ether oxygens (including phenoxy) is 2. The van der Waals surface area contributed by atoms with Crippen LogP contribution in [0.25, 0.3) is 0 Å². The second-order valence-corrected chi connectivity index (χ2v) is 2.73. The van der Waals surface area contributed by atoms with Gasteiger partial charge in [-0.05, 0) is 13.8 Å². The lowest BCUT2D eigenvalue weighted by Gasteiger charge is -2.06. The molecule has 0 fully saturated rings. The molecule has 0 saturated carbocycles. The van der Waals surface area contributed by atoms with Gasteiger partial charge in [-0.2, -0.15) is 4.73 Å². The Bertz CT molecular complexity index is 351. The molecule has 0 spiro atoms. The summed E-state index contributed by atoms with van der Waals surface area (Å²) in [5.41, 5.74) is -0.0669. The van der Waals surface area contributed by atoms with Gasteiger partial charge in [-0.3, -0.25) is 0 Å². The summed E-state index contributed by atoms with van der Waals surface area (Å²) in [6.07, 6.45) is 1.22. The molecule has 15 heavy (non-hydrogen) atoms. The van der Waals surface area contributed by atoms with E-state index in [2.05, 4.69) is 0 Å². The number of hydrogen-bond acceptors (Lipinski definition) is 4. The Morgan fingerprint density at radius 2 is 2.20 bits per heavy atom. The molecular formula is C10H13NO4. The summed E-state index contributed by atoms with van der Waals surface area (Å²) in [5.74, 6) is -0.165. The van der Waals surface area contributed by atoms with Gasteiger partial charge < -0.3 is 14.7 Å². The summed E-state index contributed by atoms with van der Waals surface area (Å²) in [6.45, 7) is 4.21. The lowest BCUT2D eigenvalue weighted by Crippen LogP contribution is -2.34. The fourth-order valence-electron chi connectivity index (χ4n) is 1.08. The smallest absolute Gasteiger partial charge is 0.405 e. The number of carbonyl (C=O) groups excluding carboxylic acids is 1. The van der Waals surface area contributed by atoms with Crippen molar-refractivity contribution in [2.75, 3.05) is 13.2 Å². The average Bonchev–Trinajstić information content (AvgIpc) is 2.21. The van der Waals surface area contributed by atoms with Crippen molar-refractivity contribution >= 4 is 5.97 Å². The maximum Gasteiger partial charge on any atom is 0.405 e. The Balaban J connectivity index is 2.94. The summed E-state index contributed by atoms with van der Waals surface area (Å²) in [4.78, 5) is 11.3. The van der Waals surface area contributed by atoms with E-state index in [9.17, 15) is 10.0 Å². The summed E-state index contributed by atoms with van der Waals surface area (Å²) in [7, 11) is 0. The third-order valence-electron chi connectivity index (χ3n) is 1.69. The predicted molar refractivity (Wildman–Crippen MR) is 52.5 cm³/mol. The Hall–Kier alpha value is -1.78. The Labute approximate surface area is 87.8 Å². The van der Waals surface area contributed by atoms with E-state index in [1.807, 2.05) is 6.92 Å². The van der Waals surface area contributed by atoms with Crippen molar-refractivity contribution in [1.82, 2.24) is 0 Å². The lowest BCUT2D eigenvalue weighted by molar-refractivity contribution is -0.608. The van der Waals surface area contributed by atoms with Gasteiger partial charge in [0.25, 0.3) is 0 Å². The largest absolute Gasteiger partial charge is 0.618 e. The highest BCUT2D eigenvalue weighted by Gasteiger charge is 2.18. The molecule has 0 unspecified atom stereocenters. The molecule has 1 rings (SSSR count). The number of esters is 1. The van der Waals surface area contributed by atoms with Gasteiger partial charge in [-0.15, -0.1) is 0 Å². The summed E-state index contributed by atoms with van der Waals surface area (Å²) >= 11 is 0. The molecular weight excluding hydrogens is 198 g/mol. The maximum atomic E-state index is 11.3. The minimum atomic E-state index is -0.644. The summed E-state index contributed by atoms with van der Waals surface area (Å²) in [5, 5.41) is 11.3. The standard InChI is InChI=1S/C10H13NO4/c1-3-14-8-5-6-11(13)9(7-8)10(12)15-4-2/h5-7H,3-4H2,1-2H3. The first-order valence-electron chi connectivity index (χ1n) is 4.72. The molecule has 5 nitrogen and oxygen atoms in total. The topological polar surface area (TPSA) is 62.5 Å². The number of hydrogen-bond donors (Lipinski definition) is 0. The Morgan fingerprint density at radius 1 is 1.47 bits per heavy atom. The third kappa shape index (κ3) is 2.83. The van der Waals surface area contributed by atoms with Crippen LogP contribution in [0.4, 0.5) is 0 Å². The van der Waals surface area contributed by atoms with Crippen LogP contribution in [0.2, 0.25) is 0 Å². The molecule has 1 aromatic rings. The van der Waals surface area contributed by atoms with Crippen molar-refractivity contribution in [3.05, 3.63) is 29.2 Å². The van der Waals surface area contributed by atoms with E-state index in [1.54, 1.807) is 6.92 Å². The van der Waals surface area contributed by atoms with Crippen LogP contribution in [0.5, 0.6) is 5.75 Å². The van der Waals surface area contributed by atoms with Crippen LogP contribution >= 0.6 is 0 Å². The number of nitrogens with zero attached hydrogens (tertiary/aromatic N) is 1. The van der Waals surface area contributed by atoms with Gasteiger partial charge >= 0.3 is 11.7 Å². The molecule has 0 aromatic carbocycles. The summed E-state index contributed by atoms with van der Waals surface area (Å²) in [6, 6.07) is 2.87. The van der Waals surface area contributed by atoms with E-state index in [0.717, 1.165) is 0 Å². The van der Waals surface area contributed by atoms with Crippen LogP contribution in [0.3, 0.4) is 0 Å². The number of pyridine rings is 1. The molecule has 0 bridgehead atoms. The first-order valence-corrected chi connectivity index (χ1v) is 4.72. The highest BCUT2D eigenvalue weighted by Crippen LogP contribution is 2.10. The fraction of sp³-hybridized carbons (Fsp3) is 0.400. The van der Waals surface area contributed by atoms with Crippen LogP contribution in [0.1, 0.15) is 24.3 Å². The molecule has 0 amide bonds. The highest BCUT2D eigenvalue weighted by atomic mass is 16.5. The van der Waals surface area contributed by atoms with Crippen molar-refractivity contribution in [2.24, 2.45) is 0 Å². The molecule has 0 radical (unpaired) electrons. The molecule has 0 N–H and O–H groups in total. The Morgan fingerprint density at radius 3 is 2.80 bits per heavy atom. The van der Waals surface area contributed by atoms with Crippen LogP contribution < -0.4 is 9.47 Å². The van der Waals surface area contributed by atoms with E-state index >= 15 is 0 Å². The highest BCUT2D eigenvalue weighted by molar-refractivity contribution is 5.86. The maximum absolute atomic E-state index is 11.3. The van der Waals surface area contributed by atoms with Crippen molar-refractivity contribution < 1.29 is 19.0 Å². The van der Waals surface area contributed by atoms with Gasteiger partial charge in [-0.25, -0.2) is 4.79 Å². The second-order valence-electron chi connectivity index (χ2n) is 2.73. The van der Waals surface area contributed by atoms with Gasteiger partial charge in [0.05, 0.1) is 19.3 Å². The molecule has 0 atom stereocenters. The van der Waals surface area contributed by atoms with Crippen molar-refractivity contribution in [1.29, 1.82) is 0 Å². The van der Waals surface area contributed by atoms with Gasteiger partial charge in [0.2, 0.25) is 0 Å². The molecule has 0 aliphatic rings. The first kappa shape index (κ1) is 11.3. The molecule has 1 heterocycles. The predicted octanol–water partition coefficient (Wildman–Crippen LogP) is 0.895. The van der Waals surface area contributed by atoms with Gasteiger partial charge in [0, 0.05) is 6.07 Å². The van der Waals surface area contributed by atoms with Crippen LogP contribution in [-0.4, -0.2) is 19.2 Å². The zero-order chi connectivity index (χ0) is 11.3. The van der Waals surface area contributed by atoms with E-state index in [-0.39, 0.29) is 12.3 Å². The van der Waals surface area contributed by atoms with E-state index in [0.29, 0.717) is 17.1 Å². The minimum Gasteiger partial charge on any atom is -0.618 e. The molecule has 1 aromatic heterocycles. The van der Waals surface area contributed by atoms with Crippen LogP contribution in [0, 0.1) is 5.21 Å². The van der Waals surface area contributed by atoms with Crippen molar-refractivity contribution in [3.63, 3.8) is 0 Å². The van der Waals surface area contributed by atoms with E-state index < -0.39 is 5.97 Å². The SMILES string of the molecule is CCOC(=O)c1cc(OCC)cc[n+]1[O-]. The van der Waals surface area contributed by atoms with Crippen molar-refractivity contribution in [3.8, 4) is 5.75 Å². The molecule has 0 aliphatic carbocycles. The molecule has 82 valence electrons. The molecule has 0 saturated heterocycles. The van der Waals surface area contributed by atoms with Crippen LogP contribution in [-0.2, 0) is 4.74 Å². The number of aromatic nitrogens is 1. The molecule has 0 aliphatic heterocycles. The number of rotatable bonds is 4. The zero-order valence-electron chi connectivity index (χ0n) is 8.73. The monoisotopic (exact) mass is 211 g/mol. The van der Waals surface area contributed by atoms with E-state index in [4.69, 9.17) is 9.47 Å². The fourth-order valence-corrected chi connectivity index (χ4v) is 1.08. The normalized spacial score (nSPS) is 9.73. The van der Waals surface area contributed by atoms with Gasteiger partial charge in [0.1, 0.15) is 5.75 Å². The van der Waals surface area contributed by atoms with Gasteiger partial charge in [0.15, 0.2) is 6.20 Å². The van der Waals surface area contributed by atoms with Crippen LogP contribution in [0.15, 0.2) is 18.3 Å². The second kappa shape index (κ2) is 5.19. The third-order valence-corrected chi connectivity index (χ3v) is 1.69. The Kier molecular flexibility index (Phi) is 3.91. The van der Waals surface area contributed by atoms with Crippen molar-refractivity contribution in [2.45, 2.75) is 13.8 Å². The number of carbonyl (C=O) groups is 1. The minimum absolute atomic E-state index is 0.0669. The summed E-state index contributed by atoms with van der Waals surface area (Å²) < 4.78 is 10.4. The lowest BCUT2D eigenvalue weighted by atomic mass is 10.3. The van der Waals surface area contributed by atoms with Gasteiger partial charge in [-0.1, -0.05) is 0 Å². The zero-order valence-corrected chi connectivity index (χ0v) is 8.73. The molecule has 5 heteroatoms. The first-order chi connectivity index (χ1) is 7.19. The van der Waals surface area contributed by atoms with E-state index in [1.165, 1.54) is 18.3 Å².